The van der Waals surface area contributed by atoms with Crippen LogP contribution in [-0.4, -0.2) is 58.0 Å². The normalized spacial score (nSPS) is 29.3. The number of rotatable bonds is 2. The summed E-state index contributed by atoms with van der Waals surface area (Å²) in [5.74, 6) is -5.12. The van der Waals surface area contributed by atoms with Crippen LogP contribution in [0.1, 0.15) is 40.5 Å². The highest BCUT2D eigenvalue weighted by atomic mass is 16.7. The Morgan fingerprint density at radius 1 is 1.22 bits per heavy atom. The van der Waals surface area contributed by atoms with Crippen molar-refractivity contribution in [3.05, 3.63) is 28.3 Å². The lowest BCUT2D eigenvalue weighted by Gasteiger charge is -2.47. The predicted octanol–water partition coefficient (Wildman–Crippen LogP) is 1.16. The molecule has 1 aliphatic carbocycles. The Morgan fingerprint density at radius 3 is 2.56 bits per heavy atom. The summed E-state index contributed by atoms with van der Waals surface area (Å²) in [5, 5.41) is 29.9. The van der Waals surface area contributed by atoms with E-state index in [4.69, 9.17) is 14.2 Å². The van der Waals surface area contributed by atoms with E-state index in [1.165, 1.54) is 14.0 Å². The molecule has 9 heteroatoms. The second-order valence-corrected chi connectivity index (χ2v) is 6.84. The van der Waals surface area contributed by atoms with Gasteiger partial charge in [0.05, 0.1) is 24.3 Å². The predicted molar refractivity (Wildman–Crippen MR) is 87.0 cm³/mol. The molecule has 3 atom stereocenters. The van der Waals surface area contributed by atoms with Crippen LogP contribution >= 0.6 is 0 Å². The number of ketones is 2. The molecule has 1 fully saturated rings. The zero-order valence-electron chi connectivity index (χ0n) is 14.4. The second-order valence-electron chi connectivity index (χ2n) is 6.84. The lowest BCUT2D eigenvalue weighted by molar-refractivity contribution is -0.302. The number of Topliss-reactive ketones (excluding diaryl/α,β-unsaturated/α-hetero) is 2. The first kappa shape index (κ1) is 17.5. The molecule has 1 saturated heterocycles. The van der Waals surface area contributed by atoms with Gasteiger partial charge in [0, 0.05) is 30.1 Å². The quantitative estimate of drug-likeness (QED) is 0.649. The highest BCUT2D eigenvalue weighted by Crippen LogP contribution is 2.49. The van der Waals surface area contributed by atoms with Gasteiger partial charge in [0.15, 0.2) is 35.0 Å². The molecule has 1 aromatic carbocycles. The molecule has 1 aromatic rings. The van der Waals surface area contributed by atoms with Crippen molar-refractivity contribution in [1.82, 2.24) is 0 Å². The van der Waals surface area contributed by atoms with Gasteiger partial charge in [-0.15, -0.1) is 0 Å². The molecule has 0 spiro atoms. The van der Waals surface area contributed by atoms with Crippen molar-refractivity contribution in [2.75, 3.05) is 7.11 Å². The maximum absolute atomic E-state index is 13.1. The number of carboxylic acid groups (broad SMARTS) is 1. The first-order valence-electron chi connectivity index (χ1n) is 8.20. The van der Waals surface area contributed by atoms with Gasteiger partial charge >= 0.3 is 5.97 Å². The van der Waals surface area contributed by atoms with Crippen LogP contribution in [0.25, 0.3) is 0 Å². The number of methoxy groups -OCH3 is 1. The molecule has 27 heavy (non-hydrogen) atoms. The fraction of sp³-hybridized carbons (Fsp3) is 0.389. The van der Waals surface area contributed by atoms with Gasteiger partial charge in [0.2, 0.25) is 0 Å². The molecule has 3 N–H and O–H groups in total. The highest BCUT2D eigenvalue weighted by molar-refractivity contribution is 6.29. The van der Waals surface area contributed by atoms with Gasteiger partial charge in [-0.05, 0) is 6.92 Å². The zero-order valence-corrected chi connectivity index (χ0v) is 14.4. The largest absolute Gasteiger partial charge is 0.507 e. The van der Waals surface area contributed by atoms with E-state index in [0.717, 1.165) is 6.07 Å². The van der Waals surface area contributed by atoms with Crippen molar-refractivity contribution >= 4 is 17.5 Å². The summed E-state index contributed by atoms with van der Waals surface area (Å²) in [6.45, 7) is 1.50. The zero-order chi connectivity index (χ0) is 19.7. The number of aromatic hydroxyl groups is 2. The Morgan fingerprint density at radius 2 is 1.93 bits per heavy atom. The number of hydrogen-bond acceptors (Lipinski definition) is 8. The average molecular weight is 376 g/mol. The highest BCUT2D eigenvalue weighted by Gasteiger charge is 2.53. The van der Waals surface area contributed by atoms with Crippen molar-refractivity contribution in [3.63, 3.8) is 0 Å². The molecule has 9 nitrogen and oxygen atoms in total. The number of carbonyl (C=O) groups excluding carboxylic acids is 2. The van der Waals surface area contributed by atoms with Crippen molar-refractivity contribution in [2.45, 2.75) is 37.8 Å². The van der Waals surface area contributed by atoms with Crippen LogP contribution < -0.4 is 4.74 Å². The fourth-order valence-electron chi connectivity index (χ4n) is 3.95. The monoisotopic (exact) mass is 376 g/mol. The smallest absolute Gasteiger partial charge is 0.333 e. The summed E-state index contributed by atoms with van der Waals surface area (Å²) in [5.41, 5.74) is -0.603. The summed E-state index contributed by atoms with van der Waals surface area (Å²) in [6, 6.07) is 1.04. The third kappa shape index (κ3) is 2.35. The van der Waals surface area contributed by atoms with Crippen LogP contribution in [-0.2, 0) is 14.3 Å². The van der Waals surface area contributed by atoms with Crippen LogP contribution in [0.15, 0.2) is 17.2 Å². The molecule has 4 rings (SSSR count). The van der Waals surface area contributed by atoms with Gasteiger partial charge in [-0.2, -0.15) is 0 Å². The van der Waals surface area contributed by atoms with E-state index < -0.39 is 47.0 Å². The van der Waals surface area contributed by atoms with E-state index in [2.05, 4.69) is 0 Å². The Balaban J connectivity index is 1.90. The molecule has 0 saturated carbocycles. The minimum atomic E-state index is -1.39. The number of carbonyl (C=O) groups is 3. The fourth-order valence-corrected chi connectivity index (χ4v) is 3.95. The van der Waals surface area contributed by atoms with Gasteiger partial charge in [0.25, 0.3) is 0 Å². The number of ether oxygens (including phenoxy) is 3. The van der Waals surface area contributed by atoms with Crippen LogP contribution in [0.5, 0.6) is 17.2 Å². The molecule has 0 amide bonds. The number of fused-ring (bicyclic) bond motifs is 4. The average Bonchev–Trinajstić information content (AvgIpc) is 2.59. The summed E-state index contributed by atoms with van der Waals surface area (Å²) in [4.78, 5) is 37.5. The SMILES string of the molecule is COc1cc(O)c2c(c1O)C(=O)C1=C(C2=O)C2CC(C(=O)O)OC(C)(C1)O2. The number of aliphatic carboxylic acids is 1. The van der Waals surface area contributed by atoms with Crippen molar-refractivity contribution in [2.24, 2.45) is 0 Å². The molecule has 3 unspecified atom stereocenters. The molecule has 0 radical (unpaired) electrons. The van der Waals surface area contributed by atoms with Gasteiger partial charge < -0.3 is 29.5 Å². The first-order chi connectivity index (χ1) is 12.7. The summed E-state index contributed by atoms with van der Waals surface area (Å²) in [7, 11) is 1.25. The Labute approximate surface area is 152 Å². The third-order valence-corrected chi connectivity index (χ3v) is 5.07. The first-order valence-corrected chi connectivity index (χ1v) is 8.20. The number of phenolic OH excluding ortho intramolecular Hbond substituents is 2. The summed E-state index contributed by atoms with van der Waals surface area (Å²) < 4.78 is 16.1. The molecule has 2 aliphatic heterocycles. The lowest BCUT2D eigenvalue weighted by Crippen LogP contribution is -2.54. The van der Waals surface area contributed by atoms with Gasteiger partial charge in [-0.1, -0.05) is 0 Å². The van der Waals surface area contributed by atoms with Crippen LogP contribution in [0.2, 0.25) is 0 Å². The maximum Gasteiger partial charge on any atom is 0.333 e. The van der Waals surface area contributed by atoms with E-state index in [9.17, 15) is 29.7 Å². The Hall–Kier alpha value is -2.91. The van der Waals surface area contributed by atoms with Gasteiger partial charge in [-0.3, -0.25) is 9.59 Å². The Bertz CT molecular complexity index is 945. The van der Waals surface area contributed by atoms with Gasteiger partial charge in [-0.25, -0.2) is 4.79 Å². The maximum atomic E-state index is 13.1. The van der Waals surface area contributed by atoms with Crippen LogP contribution in [0, 0.1) is 0 Å². The molecule has 0 aromatic heterocycles. The number of carboxylic acids is 1. The molecule has 3 aliphatic rings. The minimum absolute atomic E-state index is 0.000563. The number of benzene rings is 1. The molecular formula is C18H16O9. The lowest BCUT2D eigenvalue weighted by atomic mass is 9.75. The number of hydrogen-bond donors (Lipinski definition) is 3. The van der Waals surface area contributed by atoms with Crippen molar-refractivity contribution < 1.29 is 43.9 Å². The van der Waals surface area contributed by atoms with E-state index in [1.807, 2.05) is 0 Å². The minimum Gasteiger partial charge on any atom is -0.507 e. The van der Waals surface area contributed by atoms with E-state index in [1.54, 1.807) is 0 Å². The third-order valence-electron chi connectivity index (χ3n) is 5.07. The Kier molecular flexibility index (Phi) is 3.59. The van der Waals surface area contributed by atoms with Crippen molar-refractivity contribution in [1.29, 1.82) is 0 Å². The molecule has 2 heterocycles. The summed E-state index contributed by atoms with van der Waals surface area (Å²) in [6.07, 6.45) is -2.47. The number of phenols is 2. The molecule has 142 valence electrons. The van der Waals surface area contributed by atoms with Gasteiger partial charge in [0.1, 0.15) is 5.75 Å². The van der Waals surface area contributed by atoms with Crippen molar-refractivity contribution in [3.8, 4) is 17.2 Å². The summed E-state index contributed by atoms with van der Waals surface area (Å²) >= 11 is 0. The van der Waals surface area contributed by atoms with Crippen LogP contribution in [0.4, 0.5) is 0 Å². The second kappa shape index (κ2) is 5.54. The van der Waals surface area contributed by atoms with E-state index in [0.29, 0.717) is 0 Å². The topological polar surface area (TPSA) is 140 Å². The van der Waals surface area contributed by atoms with E-state index in [-0.39, 0.29) is 40.9 Å². The standard InChI is InChI=1S/C18H16O9/c1-18-5-6-11(8(26-18)4-10(27-18)17(23)24)16(22)12-7(19)3-9(25-2)15(21)13(12)14(6)20/h3,8,10,19,21H,4-5H2,1-2H3,(H,23,24). The molecule has 2 bridgehead atoms. The van der Waals surface area contributed by atoms with E-state index >= 15 is 0 Å². The van der Waals surface area contributed by atoms with Crippen LogP contribution in [0.3, 0.4) is 0 Å². The molecular weight excluding hydrogens is 360 g/mol.